The molecule has 2 aromatic rings. The largest absolute Gasteiger partial charge is 0.416 e. The number of alkyl halides is 6. The van der Waals surface area contributed by atoms with Gasteiger partial charge in [0.1, 0.15) is 0 Å². The maximum absolute atomic E-state index is 13.3. The summed E-state index contributed by atoms with van der Waals surface area (Å²) >= 11 is 18.2. The molecule has 2 aliphatic rings. The second-order valence-electron chi connectivity index (χ2n) is 10.5. The van der Waals surface area contributed by atoms with Gasteiger partial charge in [-0.15, -0.1) is 0 Å². The van der Waals surface area contributed by atoms with Crippen LogP contribution in [0.4, 0.5) is 26.3 Å². The minimum absolute atomic E-state index is 0.0613. The minimum Gasteiger partial charge on any atom is -0.350 e. The van der Waals surface area contributed by atoms with Crippen molar-refractivity contribution in [3.05, 3.63) is 92.0 Å². The molecule has 0 radical (unpaired) electrons. The van der Waals surface area contributed by atoms with Crippen LogP contribution in [-0.4, -0.2) is 55.5 Å². The number of rotatable bonds is 10. The molecule has 1 saturated heterocycles. The fourth-order valence-corrected chi connectivity index (χ4v) is 5.43. The zero-order valence-electron chi connectivity index (χ0n) is 22.8. The minimum atomic E-state index is -5.12. The molecule has 0 aromatic heterocycles. The lowest BCUT2D eigenvalue weighted by atomic mass is 9.97. The fourth-order valence-electron chi connectivity index (χ4n) is 4.86. The topological polar surface area (TPSA) is 73.5 Å². The summed E-state index contributed by atoms with van der Waals surface area (Å²) in [5.74, 6) is -1.34. The number of carbonyl (C=O) groups is 2. The van der Waals surface area contributed by atoms with Gasteiger partial charge in [-0.25, -0.2) is 0 Å². The summed E-state index contributed by atoms with van der Waals surface area (Å²) in [5.41, 5.74) is -3.69. The van der Waals surface area contributed by atoms with E-state index in [2.05, 4.69) is 20.9 Å². The van der Waals surface area contributed by atoms with Gasteiger partial charge in [0, 0.05) is 42.8 Å². The SMILES string of the molecule is O=C(CNC1CN(CC2C=C(Cl)C=CC2)C1)NC(CNC(=O)c1cc(C(F)(F)F)cc(C(F)(F)F)c1)c1ccc(Cl)c(Cl)c1. The van der Waals surface area contributed by atoms with Crippen molar-refractivity contribution in [1.29, 1.82) is 0 Å². The molecular weight excluding hydrogens is 657 g/mol. The molecule has 15 heteroatoms. The molecule has 0 spiro atoms. The number of amides is 2. The third-order valence-corrected chi connectivity index (χ3v) is 8.10. The molecule has 6 nitrogen and oxygen atoms in total. The number of likely N-dealkylation sites (tertiary alicyclic amines) is 1. The number of hydrogen-bond acceptors (Lipinski definition) is 4. The normalized spacial score (nSPS) is 18.4. The molecular formula is C29H27Cl3F6N4O2. The highest BCUT2D eigenvalue weighted by atomic mass is 35.5. The van der Waals surface area contributed by atoms with Gasteiger partial charge in [0.05, 0.1) is 33.8 Å². The van der Waals surface area contributed by atoms with Crippen LogP contribution in [0.3, 0.4) is 0 Å². The first kappa shape index (κ1) is 34.1. The number of nitrogens with zero attached hydrogens (tertiary/aromatic N) is 1. The van der Waals surface area contributed by atoms with Crippen molar-refractivity contribution in [1.82, 2.24) is 20.9 Å². The van der Waals surface area contributed by atoms with E-state index >= 15 is 0 Å². The molecule has 0 bridgehead atoms. The number of benzene rings is 2. The third-order valence-electron chi connectivity index (χ3n) is 7.11. The highest BCUT2D eigenvalue weighted by Gasteiger charge is 2.37. The summed E-state index contributed by atoms with van der Waals surface area (Å²) in [4.78, 5) is 27.8. The molecule has 1 aliphatic heterocycles. The number of nitrogens with one attached hydrogen (secondary N) is 3. The van der Waals surface area contributed by atoms with Gasteiger partial charge in [0.2, 0.25) is 5.91 Å². The maximum atomic E-state index is 13.3. The van der Waals surface area contributed by atoms with Crippen LogP contribution >= 0.6 is 34.8 Å². The monoisotopic (exact) mass is 682 g/mol. The van der Waals surface area contributed by atoms with Crippen LogP contribution in [0.2, 0.25) is 10.0 Å². The molecule has 2 amide bonds. The van der Waals surface area contributed by atoms with E-state index in [1.54, 1.807) is 0 Å². The van der Waals surface area contributed by atoms with Crippen molar-refractivity contribution in [2.45, 2.75) is 30.9 Å². The van der Waals surface area contributed by atoms with Crippen LogP contribution < -0.4 is 16.0 Å². The van der Waals surface area contributed by atoms with Gasteiger partial charge >= 0.3 is 12.4 Å². The Balaban J connectivity index is 1.38. The van der Waals surface area contributed by atoms with Crippen molar-refractivity contribution in [3.8, 4) is 0 Å². The fraction of sp³-hybridized carbons (Fsp3) is 0.379. The quantitative estimate of drug-likeness (QED) is 0.247. The van der Waals surface area contributed by atoms with Gasteiger partial charge in [0.15, 0.2) is 0 Å². The Bertz CT molecular complexity index is 1410. The Morgan fingerprint density at radius 1 is 0.932 bits per heavy atom. The van der Waals surface area contributed by atoms with Crippen LogP contribution in [-0.2, 0) is 17.1 Å². The number of allylic oxidation sites excluding steroid dienone is 3. The zero-order chi connectivity index (χ0) is 32.2. The predicted molar refractivity (Wildman–Crippen MR) is 156 cm³/mol. The van der Waals surface area contributed by atoms with Crippen LogP contribution in [0.5, 0.6) is 0 Å². The molecule has 4 rings (SSSR count). The van der Waals surface area contributed by atoms with E-state index in [0.29, 0.717) is 28.6 Å². The van der Waals surface area contributed by atoms with E-state index in [1.807, 2.05) is 18.2 Å². The van der Waals surface area contributed by atoms with Crippen LogP contribution in [0.1, 0.15) is 39.5 Å². The average molecular weight is 684 g/mol. The summed E-state index contributed by atoms with van der Waals surface area (Å²) < 4.78 is 79.6. The van der Waals surface area contributed by atoms with Crippen LogP contribution in [0, 0.1) is 5.92 Å². The van der Waals surface area contributed by atoms with Gasteiger partial charge in [-0.2, -0.15) is 26.3 Å². The lowest BCUT2D eigenvalue weighted by Gasteiger charge is -2.41. The molecule has 44 heavy (non-hydrogen) atoms. The Kier molecular flexibility index (Phi) is 10.9. The Morgan fingerprint density at radius 3 is 2.18 bits per heavy atom. The molecule has 3 N–H and O–H groups in total. The molecule has 238 valence electrons. The highest BCUT2D eigenvalue weighted by Crippen LogP contribution is 2.36. The van der Waals surface area contributed by atoms with E-state index in [9.17, 15) is 35.9 Å². The third kappa shape index (κ3) is 9.37. The van der Waals surface area contributed by atoms with Crippen molar-refractivity contribution < 1.29 is 35.9 Å². The highest BCUT2D eigenvalue weighted by molar-refractivity contribution is 6.42. The van der Waals surface area contributed by atoms with Gasteiger partial charge in [0.25, 0.3) is 5.91 Å². The Labute approximate surface area is 264 Å². The molecule has 0 saturated carbocycles. The number of hydrogen-bond donors (Lipinski definition) is 3. The molecule has 1 aliphatic carbocycles. The van der Waals surface area contributed by atoms with E-state index in [-0.39, 0.29) is 35.2 Å². The summed E-state index contributed by atoms with van der Waals surface area (Å²) in [6.07, 6.45) is -3.43. The smallest absolute Gasteiger partial charge is 0.350 e. The van der Waals surface area contributed by atoms with E-state index in [0.717, 1.165) is 26.1 Å². The Morgan fingerprint density at radius 2 is 1.59 bits per heavy atom. The molecule has 2 unspecified atom stereocenters. The first-order valence-electron chi connectivity index (χ1n) is 13.4. The first-order valence-corrected chi connectivity index (χ1v) is 14.5. The first-order chi connectivity index (χ1) is 20.6. The van der Waals surface area contributed by atoms with Crippen molar-refractivity contribution in [2.24, 2.45) is 5.92 Å². The van der Waals surface area contributed by atoms with E-state index < -0.39 is 46.9 Å². The van der Waals surface area contributed by atoms with Gasteiger partial charge in [-0.1, -0.05) is 53.0 Å². The van der Waals surface area contributed by atoms with E-state index in [4.69, 9.17) is 34.8 Å². The number of halogens is 9. The standard InChI is InChI=1S/C29H27Cl3F6N4O2/c30-21-3-1-2-16(6-21)13-42-14-22(15-42)39-12-26(43)41-25(17-4-5-23(31)24(32)9-17)11-40-27(44)18-7-19(28(33,34)35)10-20(8-18)29(36,37)38/h1,3-10,16,22,25,39H,2,11-15H2,(H,40,44)(H,41,43). The molecule has 2 aromatic carbocycles. The lowest BCUT2D eigenvalue weighted by Crippen LogP contribution is -2.60. The molecule has 1 fully saturated rings. The second kappa shape index (κ2) is 14.1. The maximum Gasteiger partial charge on any atom is 0.416 e. The van der Waals surface area contributed by atoms with Crippen molar-refractivity contribution in [2.75, 3.05) is 32.7 Å². The second-order valence-corrected chi connectivity index (χ2v) is 11.8. The van der Waals surface area contributed by atoms with E-state index in [1.165, 1.54) is 18.2 Å². The number of carbonyl (C=O) groups excluding carboxylic acids is 2. The summed E-state index contributed by atoms with van der Waals surface area (Å²) in [7, 11) is 0. The van der Waals surface area contributed by atoms with Crippen LogP contribution in [0.15, 0.2) is 59.7 Å². The summed E-state index contributed by atoms with van der Waals surface area (Å²) in [6.45, 7) is 1.83. The van der Waals surface area contributed by atoms with Crippen molar-refractivity contribution in [3.63, 3.8) is 0 Å². The summed E-state index contributed by atoms with van der Waals surface area (Å²) in [6, 6.07) is 4.13. The predicted octanol–water partition coefficient (Wildman–Crippen LogP) is 6.59. The molecule has 1 heterocycles. The molecule has 2 atom stereocenters. The van der Waals surface area contributed by atoms with Gasteiger partial charge in [-0.3, -0.25) is 14.5 Å². The van der Waals surface area contributed by atoms with Gasteiger partial charge < -0.3 is 16.0 Å². The van der Waals surface area contributed by atoms with Crippen LogP contribution in [0.25, 0.3) is 0 Å². The Hall–Kier alpha value is -2.77. The zero-order valence-corrected chi connectivity index (χ0v) is 25.1. The average Bonchev–Trinajstić information content (AvgIpc) is 2.92. The summed E-state index contributed by atoms with van der Waals surface area (Å²) in [5, 5.41) is 9.25. The lowest BCUT2D eigenvalue weighted by molar-refractivity contribution is -0.143. The van der Waals surface area contributed by atoms with Crippen molar-refractivity contribution >= 4 is 46.6 Å². The van der Waals surface area contributed by atoms with Gasteiger partial charge in [-0.05, 0) is 54.3 Å².